The van der Waals surface area contributed by atoms with Gasteiger partial charge in [-0.2, -0.15) is 0 Å². The van der Waals surface area contributed by atoms with E-state index in [9.17, 15) is 0 Å². The Morgan fingerprint density at radius 3 is 1.17 bits per heavy atom. The van der Waals surface area contributed by atoms with Crippen LogP contribution in [0.25, 0.3) is 0 Å². The van der Waals surface area contributed by atoms with Crippen molar-refractivity contribution in [2.75, 3.05) is 0 Å². The van der Waals surface area contributed by atoms with Crippen LogP contribution in [0, 0.1) is 0 Å². The summed E-state index contributed by atoms with van der Waals surface area (Å²) in [7, 11) is 0. The number of hydrogen-bond donors (Lipinski definition) is 2. The van der Waals surface area contributed by atoms with Crippen molar-refractivity contribution >= 4 is 17.3 Å². The first-order valence-corrected chi connectivity index (χ1v) is 1.19. The Hall–Kier alpha value is 1.17. The quantitative estimate of drug-likeness (QED) is 0.453. The van der Waals surface area contributed by atoms with E-state index in [-0.39, 0.29) is 49.9 Å². The van der Waals surface area contributed by atoms with Gasteiger partial charge in [-0.15, -0.1) is 0 Å². The predicted molar refractivity (Wildman–Crippen MR) is 21.0 cm³/mol. The Morgan fingerprint density at radius 2 is 1.17 bits per heavy atom. The molecule has 0 aliphatic rings. The summed E-state index contributed by atoms with van der Waals surface area (Å²) in [4.78, 5) is 0. The molecular formula is CH4Ag2N2S. The van der Waals surface area contributed by atoms with Crippen molar-refractivity contribution in [2.24, 2.45) is 11.5 Å². The first-order chi connectivity index (χ1) is 1.73. The molecule has 5 heteroatoms. The van der Waals surface area contributed by atoms with Gasteiger partial charge in [0.15, 0.2) is 5.11 Å². The van der Waals surface area contributed by atoms with E-state index in [0.717, 1.165) is 0 Å². The normalized spacial score (nSPS) is 4.00. The van der Waals surface area contributed by atoms with E-state index in [1.165, 1.54) is 0 Å². The molecule has 0 fully saturated rings. The van der Waals surface area contributed by atoms with E-state index in [1.807, 2.05) is 0 Å². The first kappa shape index (κ1) is 15.7. The minimum atomic E-state index is 0. The van der Waals surface area contributed by atoms with Crippen LogP contribution in [-0.4, -0.2) is 5.11 Å². The second kappa shape index (κ2) is 9.48. The summed E-state index contributed by atoms with van der Waals surface area (Å²) in [5, 5.41) is 0.000000000000000222. The van der Waals surface area contributed by atoms with Gasteiger partial charge in [-0.3, -0.25) is 0 Å². The Labute approximate surface area is 73.0 Å². The van der Waals surface area contributed by atoms with Gasteiger partial charge in [-0.1, -0.05) is 0 Å². The molecule has 0 amide bonds. The molecule has 4 N–H and O–H groups in total. The largest absolute Gasteiger partial charge is 0.377 e. The van der Waals surface area contributed by atoms with Crippen LogP contribution in [0.4, 0.5) is 0 Å². The Morgan fingerprint density at radius 1 is 1.17 bits per heavy atom. The Kier molecular flexibility index (Phi) is 24.8. The average molecular weight is 292 g/mol. The van der Waals surface area contributed by atoms with Crippen LogP contribution in [0.2, 0.25) is 0 Å². The van der Waals surface area contributed by atoms with Gasteiger partial charge in [0.1, 0.15) is 0 Å². The van der Waals surface area contributed by atoms with E-state index in [1.54, 1.807) is 0 Å². The minimum absolute atomic E-state index is 0. The molecule has 0 bridgehead atoms. The topological polar surface area (TPSA) is 52.0 Å². The molecule has 0 aliphatic heterocycles. The fourth-order valence-corrected chi connectivity index (χ4v) is 0. The van der Waals surface area contributed by atoms with E-state index < -0.39 is 0 Å². The van der Waals surface area contributed by atoms with Crippen molar-refractivity contribution in [1.29, 1.82) is 0 Å². The summed E-state index contributed by atoms with van der Waals surface area (Å²) in [6, 6.07) is 0. The average Bonchev–Trinajstić information content (AvgIpc) is 0.811. The molecular weight excluding hydrogens is 288 g/mol. The zero-order valence-electron chi connectivity index (χ0n) is 2.67. The summed E-state index contributed by atoms with van der Waals surface area (Å²) in [5.74, 6) is 0. The maximum Gasteiger partial charge on any atom is 0.160 e. The van der Waals surface area contributed by atoms with Gasteiger partial charge in [-0.05, 0) is 12.2 Å². The molecule has 0 aromatic rings. The standard InChI is InChI=1S/CH4N2S.2Ag/c2-1(3)4;;/h(H4,2,3,4);;. The van der Waals surface area contributed by atoms with Crippen molar-refractivity contribution in [3.63, 3.8) is 0 Å². The van der Waals surface area contributed by atoms with Crippen molar-refractivity contribution in [1.82, 2.24) is 0 Å². The van der Waals surface area contributed by atoms with E-state index in [4.69, 9.17) is 0 Å². The Bertz CT molecular complexity index is 34.5. The molecule has 0 atom stereocenters. The van der Waals surface area contributed by atoms with Gasteiger partial charge in [-0.25, -0.2) is 0 Å². The smallest absolute Gasteiger partial charge is 0.160 e. The number of thiocarbonyl (C=S) groups is 1. The maximum atomic E-state index is 4.62. The number of rotatable bonds is 0. The molecule has 0 unspecified atom stereocenters. The van der Waals surface area contributed by atoms with Crippen LogP contribution in [0.1, 0.15) is 0 Å². The Balaban J connectivity index is -0.0000000450. The van der Waals surface area contributed by atoms with E-state index in [0.29, 0.717) is 0 Å². The molecule has 0 aromatic carbocycles. The molecule has 6 heavy (non-hydrogen) atoms. The molecule has 46 valence electrons. The zero-order chi connectivity index (χ0) is 3.58. The third-order valence-electron chi connectivity index (χ3n) is 0. The predicted octanol–water partition coefficient (Wildman–Crippen LogP) is -0.816. The van der Waals surface area contributed by atoms with Crippen molar-refractivity contribution in [3.8, 4) is 0 Å². The van der Waals surface area contributed by atoms with Gasteiger partial charge in [0, 0.05) is 44.8 Å². The maximum absolute atomic E-state index is 4.62. The fraction of sp³-hybridized carbons (Fsp3) is 0. The third-order valence-corrected chi connectivity index (χ3v) is 0. The van der Waals surface area contributed by atoms with Gasteiger partial charge in [0.25, 0.3) is 0 Å². The van der Waals surface area contributed by atoms with Gasteiger partial charge in [0.05, 0.1) is 0 Å². The minimum Gasteiger partial charge on any atom is -0.377 e. The van der Waals surface area contributed by atoms with Crippen LogP contribution in [-0.2, 0) is 44.8 Å². The van der Waals surface area contributed by atoms with E-state index >= 15 is 0 Å². The molecule has 0 aliphatic carbocycles. The van der Waals surface area contributed by atoms with E-state index in [2.05, 4.69) is 23.7 Å². The molecule has 0 saturated heterocycles. The molecule has 0 heterocycles. The van der Waals surface area contributed by atoms with Crippen molar-refractivity contribution in [2.45, 2.75) is 0 Å². The summed E-state index contributed by atoms with van der Waals surface area (Å²) in [6.45, 7) is 0. The molecule has 0 aromatic heterocycles. The molecule has 2 radical (unpaired) electrons. The SMILES string of the molecule is NC(N)=S.[Ag].[Ag]. The summed E-state index contributed by atoms with van der Waals surface area (Å²) in [5.41, 5.74) is 9.24. The van der Waals surface area contributed by atoms with Crippen LogP contribution in [0.5, 0.6) is 0 Å². The monoisotopic (exact) mass is 290 g/mol. The van der Waals surface area contributed by atoms with Gasteiger partial charge < -0.3 is 11.5 Å². The van der Waals surface area contributed by atoms with Crippen LogP contribution in [0.15, 0.2) is 0 Å². The molecule has 0 rings (SSSR count). The molecule has 0 spiro atoms. The van der Waals surface area contributed by atoms with Crippen LogP contribution in [0.3, 0.4) is 0 Å². The number of hydrogen-bond acceptors (Lipinski definition) is 1. The first-order valence-electron chi connectivity index (χ1n) is 0.781. The third kappa shape index (κ3) is 65.6. The number of nitrogens with two attached hydrogens (primary N) is 2. The van der Waals surface area contributed by atoms with Crippen LogP contribution < -0.4 is 11.5 Å². The van der Waals surface area contributed by atoms with Gasteiger partial charge >= 0.3 is 0 Å². The summed E-state index contributed by atoms with van der Waals surface area (Å²) >= 11 is 4.09. The van der Waals surface area contributed by atoms with Crippen LogP contribution >= 0.6 is 12.2 Å². The zero-order valence-corrected chi connectivity index (χ0v) is 6.45. The second-order valence-electron chi connectivity index (χ2n) is 0.402. The molecule has 0 saturated carbocycles. The van der Waals surface area contributed by atoms with Gasteiger partial charge in [0.2, 0.25) is 0 Å². The second-order valence-corrected chi connectivity index (χ2v) is 0.874. The summed E-state index contributed by atoms with van der Waals surface area (Å²) in [6.07, 6.45) is 0. The summed E-state index contributed by atoms with van der Waals surface area (Å²) < 4.78 is 0. The fourth-order valence-electron chi connectivity index (χ4n) is 0. The van der Waals surface area contributed by atoms with Crippen molar-refractivity contribution in [3.05, 3.63) is 0 Å². The molecule has 2 nitrogen and oxygen atoms in total. The van der Waals surface area contributed by atoms with Crippen molar-refractivity contribution < 1.29 is 44.8 Å².